The van der Waals surface area contributed by atoms with Crippen molar-refractivity contribution in [3.05, 3.63) is 29.3 Å². The van der Waals surface area contributed by atoms with Crippen molar-refractivity contribution >= 4 is 10.0 Å². The van der Waals surface area contributed by atoms with Gasteiger partial charge in [0.25, 0.3) is 10.0 Å². The van der Waals surface area contributed by atoms with Crippen molar-refractivity contribution in [2.45, 2.75) is 18.7 Å². The minimum absolute atomic E-state index is 0.279. The molecule has 1 aromatic rings. The van der Waals surface area contributed by atoms with Crippen molar-refractivity contribution in [3.8, 4) is 0 Å². The Labute approximate surface area is 83.9 Å². The lowest BCUT2D eigenvalue weighted by Gasteiger charge is -2.09. The van der Waals surface area contributed by atoms with Crippen LogP contribution in [-0.2, 0) is 14.9 Å². The van der Waals surface area contributed by atoms with Crippen LogP contribution < -0.4 is 4.89 Å². The van der Waals surface area contributed by atoms with E-state index >= 15 is 0 Å². The zero-order valence-corrected chi connectivity index (χ0v) is 9.18. The molecule has 0 radical (unpaired) electrons. The first-order valence-corrected chi connectivity index (χ1v) is 5.58. The molecule has 0 fully saturated rings. The predicted octanol–water partition coefficient (Wildman–Crippen LogP) is 1.14. The van der Waals surface area contributed by atoms with Gasteiger partial charge in [0.2, 0.25) is 0 Å². The molecule has 0 amide bonds. The monoisotopic (exact) mass is 215 g/mol. The minimum atomic E-state index is -3.54. The Kier molecular flexibility index (Phi) is 3.25. The number of hydrogen-bond donors (Lipinski definition) is 1. The SMILES string of the molecule is CONS(=O)(=O)c1c(C)cccc1C. The first kappa shape index (κ1) is 11.2. The molecule has 5 heteroatoms. The maximum atomic E-state index is 11.6. The van der Waals surface area contributed by atoms with E-state index in [1.54, 1.807) is 26.0 Å². The molecule has 0 aromatic heterocycles. The topological polar surface area (TPSA) is 55.4 Å². The quantitative estimate of drug-likeness (QED) is 0.769. The van der Waals surface area contributed by atoms with Crippen molar-refractivity contribution in [3.63, 3.8) is 0 Å². The Hall–Kier alpha value is -0.910. The second-order valence-corrected chi connectivity index (χ2v) is 4.59. The standard InChI is InChI=1S/C9H13NO3S/c1-7-5-4-6-8(2)9(7)14(11,12)10-13-3/h4-6,10H,1-3H3. The molecular weight excluding hydrogens is 202 g/mol. The van der Waals surface area contributed by atoms with E-state index in [1.807, 2.05) is 11.0 Å². The average molecular weight is 215 g/mol. The van der Waals surface area contributed by atoms with Crippen molar-refractivity contribution in [1.82, 2.24) is 4.89 Å². The normalized spacial score (nSPS) is 11.6. The maximum Gasteiger partial charge on any atom is 0.262 e. The summed E-state index contributed by atoms with van der Waals surface area (Å²) in [5.74, 6) is 0. The fourth-order valence-electron chi connectivity index (χ4n) is 1.37. The van der Waals surface area contributed by atoms with Gasteiger partial charge in [-0.05, 0) is 25.0 Å². The highest BCUT2D eigenvalue weighted by atomic mass is 32.2. The maximum absolute atomic E-state index is 11.6. The van der Waals surface area contributed by atoms with Crippen LogP contribution in [0.4, 0.5) is 0 Å². The van der Waals surface area contributed by atoms with E-state index in [2.05, 4.69) is 4.84 Å². The van der Waals surface area contributed by atoms with Crippen molar-refractivity contribution in [2.75, 3.05) is 7.11 Å². The zero-order chi connectivity index (χ0) is 10.8. The third-order valence-corrected chi connectivity index (χ3v) is 3.44. The third kappa shape index (κ3) is 2.12. The van der Waals surface area contributed by atoms with Crippen molar-refractivity contribution < 1.29 is 13.3 Å². The van der Waals surface area contributed by atoms with Gasteiger partial charge in [-0.25, -0.2) is 8.42 Å². The fraction of sp³-hybridized carbons (Fsp3) is 0.333. The molecule has 1 aromatic carbocycles. The summed E-state index contributed by atoms with van der Waals surface area (Å²) in [4.78, 5) is 6.70. The van der Waals surface area contributed by atoms with Crippen LogP contribution in [0.5, 0.6) is 0 Å². The molecule has 0 atom stereocenters. The summed E-state index contributed by atoms with van der Waals surface area (Å²) in [6.07, 6.45) is 0. The van der Waals surface area contributed by atoms with Crippen molar-refractivity contribution in [2.24, 2.45) is 0 Å². The number of aryl methyl sites for hydroxylation is 2. The largest absolute Gasteiger partial charge is 0.290 e. The molecule has 4 nitrogen and oxygen atoms in total. The molecule has 0 aliphatic rings. The molecule has 0 aliphatic carbocycles. The first-order chi connectivity index (χ1) is 6.49. The highest BCUT2D eigenvalue weighted by Gasteiger charge is 2.18. The van der Waals surface area contributed by atoms with Gasteiger partial charge in [0.1, 0.15) is 0 Å². The molecule has 1 rings (SSSR count). The van der Waals surface area contributed by atoms with Gasteiger partial charge in [-0.1, -0.05) is 23.1 Å². The summed E-state index contributed by atoms with van der Waals surface area (Å²) < 4.78 is 23.3. The Morgan fingerprint density at radius 1 is 1.21 bits per heavy atom. The molecule has 0 aliphatic heterocycles. The van der Waals surface area contributed by atoms with E-state index in [4.69, 9.17) is 0 Å². The number of rotatable bonds is 3. The Bertz CT molecular complexity index is 405. The van der Waals surface area contributed by atoms with Gasteiger partial charge in [-0.2, -0.15) is 0 Å². The van der Waals surface area contributed by atoms with E-state index in [0.717, 1.165) is 0 Å². The van der Waals surface area contributed by atoms with E-state index in [1.165, 1.54) is 7.11 Å². The van der Waals surface area contributed by atoms with Crippen LogP contribution in [0, 0.1) is 13.8 Å². The Morgan fingerprint density at radius 2 is 1.71 bits per heavy atom. The number of nitrogens with one attached hydrogen (secondary N) is 1. The van der Waals surface area contributed by atoms with Gasteiger partial charge in [0.15, 0.2) is 0 Å². The summed E-state index contributed by atoms with van der Waals surface area (Å²) in [5.41, 5.74) is 1.41. The van der Waals surface area contributed by atoms with Crippen LogP contribution in [0.2, 0.25) is 0 Å². The molecule has 14 heavy (non-hydrogen) atoms. The Morgan fingerprint density at radius 3 is 2.14 bits per heavy atom. The molecular formula is C9H13NO3S. The molecule has 0 unspecified atom stereocenters. The predicted molar refractivity (Wildman–Crippen MR) is 53.2 cm³/mol. The molecule has 0 saturated carbocycles. The van der Waals surface area contributed by atoms with Gasteiger partial charge < -0.3 is 0 Å². The lowest BCUT2D eigenvalue weighted by atomic mass is 10.2. The van der Waals surface area contributed by atoms with Crippen LogP contribution >= 0.6 is 0 Å². The Balaban J connectivity index is 3.32. The molecule has 78 valence electrons. The smallest absolute Gasteiger partial charge is 0.262 e. The van der Waals surface area contributed by atoms with Crippen LogP contribution in [-0.4, -0.2) is 15.5 Å². The molecule has 1 N–H and O–H groups in total. The van der Waals surface area contributed by atoms with Gasteiger partial charge in [-0.15, -0.1) is 0 Å². The highest BCUT2D eigenvalue weighted by Crippen LogP contribution is 2.18. The third-order valence-electron chi connectivity index (χ3n) is 1.87. The lowest BCUT2D eigenvalue weighted by molar-refractivity contribution is 0.153. The van der Waals surface area contributed by atoms with Crippen LogP contribution in [0.1, 0.15) is 11.1 Å². The molecule has 0 spiro atoms. The summed E-state index contributed by atoms with van der Waals surface area (Å²) >= 11 is 0. The average Bonchev–Trinajstić information content (AvgIpc) is 2.02. The summed E-state index contributed by atoms with van der Waals surface area (Å²) in [6.45, 7) is 3.49. The second kappa shape index (κ2) is 4.08. The van der Waals surface area contributed by atoms with E-state index in [9.17, 15) is 8.42 Å². The number of benzene rings is 1. The summed E-state index contributed by atoms with van der Waals surface area (Å²) in [6, 6.07) is 5.31. The molecule has 0 bridgehead atoms. The zero-order valence-electron chi connectivity index (χ0n) is 8.37. The number of hydrogen-bond acceptors (Lipinski definition) is 3. The van der Waals surface area contributed by atoms with Gasteiger partial charge in [0, 0.05) is 0 Å². The highest BCUT2D eigenvalue weighted by molar-refractivity contribution is 7.89. The fourth-order valence-corrected chi connectivity index (χ4v) is 2.66. The lowest BCUT2D eigenvalue weighted by Crippen LogP contribution is -2.23. The van der Waals surface area contributed by atoms with E-state index in [-0.39, 0.29) is 4.90 Å². The van der Waals surface area contributed by atoms with Crippen LogP contribution in [0.3, 0.4) is 0 Å². The van der Waals surface area contributed by atoms with E-state index < -0.39 is 10.0 Å². The van der Waals surface area contributed by atoms with Crippen LogP contribution in [0.15, 0.2) is 23.1 Å². The van der Waals surface area contributed by atoms with Gasteiger partial charge >= 0.3 is 0 Å². The second-order valence-electron chi connectivity index (χ2n) is 3.01. The van der Waals surface area contributed by atoms with E-state index in [0.29, 0.717) is 11.1 Å². The van der Waals surface area contributed by atoms with Gasteiger partial charge in [-0.3, -0.25) is 4.84 Å². The van der Waals surface area contributed by atoms with Crippen molar-refractivity contribution in [1.29, 1.82) is 0 Å². The van der Waals surface area contributed by atoms with Crippen LogP contribution in [0.25, 0.3) is 0 Å². The van der Waals surface area contributed by atoms with Gasteiger partial charge in [0.05, 0.1) is 12.0 Å². The minimum Gasteiger partial charge on any atom is -0.290 e. The summed E-state index contributed by atoms with van der Waals surface area (Å²) in [5, 5.41) is 0. The number of sulfonamides is 1. The molecule has 0 heterocycles. The summed E-state index contributed by atoms with van der Waals surface area (Å²) in [7, 11) is -2.27. The molecule has 0 saturated heterocycles. The first-order valence-electron chi connectivity index (χ1n) is 4.10.